The number of nitrogens with zero attached hydrogens (tertiary/aromatic N) is 2. The van der Waals surface area contributed by atoms with Crippen LogP contribution in [0.3, 0.4) is 0 Å². The van der Waals surface area contributed by atoms with Gasteiger partial charge in [0.25, 0.3) is 5.89 Å². The number of benzene rings is 1. The second-order valence-corrected chi connectivity index (χ2v) is 5.47. The van der Waals surface area contributed by atoms with Crippen LogP contribution in [0.1, 0.15) is 11.7 Å². The van der Waals surface area contributed by atoms with Crippen molar-refractivity contribution in [3.05, 3.63) is 63.5 Å². The Kier molecular flexibility index (Phi) is 3.86. The first-order chi connectivity index (χ1) is 10.5. The van der Waals surface area contributed by atoms with Crippen molar-refractivity contribution < 1.29 is 18.3 Å². The van der Waals surface area contributed by atoms with Gasteiger partial charge in [-0.3, -0.25) is 0 Å². The molecule has 3 aromatic rings. The molecule has 1 unspecified atom stereocenters. The summed E-state index contributed by atoms with van der Waals surface area (Å²) in [6.45, 7) is -0.223. The molecular formula is C14H10F2N2O3S. The topological polar surface area (TPSA) is 68.3 Å². The minimum atomic E-state index is -1.21. The summed E-state index contributed by atoms with van der Waals surface area (Å²) in [7, 11) is 0. The lowest BCUT2D eigenvalue weighted by atomic mass is 10.1. The smallest absolute Gasteiger partial charge is 0.387 e. The van der Waals surface area contributed by atoms with E-state index in [9.17, 15) is 18.7 Å². The van der Waals surface area contributed by atoms with Crippen LogP contribution in [0.25, 0.3) is 10.8 Å². The molecule has 0 aliphatic carbocycles. The zero-order valence-electron chi connectivity index (χ0n) is 11.1. The van der Waals surface area contributed by atoms with Gasteiger partial charge in [0.1, 0.15) is 0 Å². The third-order valence-corrected chi connectivity index (χ3v) is 3.87. The second kappa shape index (κ2) is 5.82. The highest BCUT2D eigenvalue weighted by molar-refractivity contribution is 7.13. The van der Waals surface area contributed by atoms with Gasteiger partial charge in [-0.05, 0) is 29.1 Å². The fourth-order valence-corrected chi connectivity index (χ4v) is 2.55. The first-order valence-corrected chi connectivity index (χ1v) is 7.17. The SMILES string of the molecule is O=c1oc(-c2cccs2)nn1CC(O)c1ccc(F)c(F)c1. The molecule has 0 bridgehead atoms. The van der Waals surface area contributed by atoms with Gasteiger partial charge in [0, 0.05) is 0 Å². The quantitative estimate of drug-likeness (QED) is 0.801. The number of hydrogen-bond donors (Lipinski definition) is 1. The molecule has 0 aliphatic heterocycles. The van der Waals surface area contributed by atoms with Gasteiger partial charge in [0.15, 0.2) is 11.6 Å². The van der Waals surface area contributed by atoms with Crippen LogP contribution in [0.5, 0.6) is 0 Å². The molecule has 1 aromatic carbocycles. The number of hydrogen-bond acceptors (Lipinski definition) is 5. The van der Waals surface area contributed by atoms with Gasteiger partial charge in [-0.15, -0.1) is 16.4 Å². The molecule has 1 atom stereocenters. The Bertz CT molecular complexity index is 842. The van der Waals surface area contributed by atoms with E-state index < -0.39 is 23.5 Å². The first-order valence-electron chi connectivity index (χ1n) is 6.29. The lowest BCUT2D eigenvalue weighted by molar-refractivity contribution is 0.148. The molecular weight excluding hydrogens is 314 g/mol. The van der Waals surface area contributed by atoms with Crippen LogP contribution in [0.4, 0.5) is 8.78 Å². The molecule has 2 aromatic heterocycles. The maximum absolute atomic E-state index is 13.2. The zero-order valence-corrected chi connectivity index (χ0v) is 11.9. The lowest BCUT2D eigenvalue weighted by Crippen LogP contribution is -2.20. The van der Waals surface area contributed by atoms with Gasteiger partial charge in [-0.25, -0.2) is 13.6 Å². The molecule has 0 aliphatic rings. The number of halogens is 2. The number of aliphatic hydroxyl groups excluding tert-OH is 1. The molecule has 0 saturated heterocycles. The average molecular weight is 324 g/mol. The summed E-state index contributed by atoms with van der Waals surface area (Å²) in [4.78, 5) is 12.4. The maximum atomic E-state index is 13.2. The molecule has 3 rings (SSSR count). The fourth-order valence-electron chi connectivity index (χ4n) is 1.91. The number of aliphatic hydroxyl groups is 1. The summed E-state index contributed by atoms with van der Waals surface area (Å²) in [5, 5.41) is 15.8. The van der Waals surface area contributed by atoms with Crippen LogP contribution in [0.2, 0.25) is 0 Å². The molecule has 1 N–H and O–H groups in total. The van der Waals surface area contributed by atoms with Gasteiger partial charge < -0.3 is 9.52 Å². The van der Waals surface area contributed by atoms with E-state index in [1.165, 1.54) is 17.4 Å². The van der Waals surface area contributed by atoms with Crippen LogP contribution in [0, 0.1) is 11.6 Å². The van der Waals surface area contributed by atoms with Gasteiger partial charge in [-0.2, -0.15) is 4.68 Å². The maximum Gasteiger partial charge on any atom is 0.437 e. The Morgan fingerprint density at radius 3 is 2.82 bits per heavy atom. The van der Waals surface area contributed by atoms with E-state index in [0.29, 0.717) is 4.88 Å². The summed E-state index contributed by atoms with van der Waals surface area (Å²) in [5.41, 5.74) is 0.145. The first kappa shape index (κ1) is 14.6. The molecule has 0 amide bonds. The third-order valence-electron chi connectivity index (χ3n) is 3.01. The summed E-state index contributed by atoms with van der Waals surface area (Å²) in [6.07, 6.45) is -1.21. The van der Waals surface area contributed by atoms with Crippen molar-refractivity contribution in [2.45, 2.75) is 12.6 Å². The molecule has 22 heavy (non-hydrogen) atoms. The summed E-state index contributed by atoms with van der Waals surface area (Å²) >= 11 is 1.35. The lowest BCUT2D eigenvalue weighted by Gasteiger charge is -2.09. The van der Waals surface area contributed by atoms with Crippen molar-refractivity contribution in [2.24, 2.45) is 0 Å². The second-order valence-electron chi connectivity index (χ2n) is 4.52. The van der Waals surface area contributed by atoms with Crippen molar-refractivity contribution in [2.75, 3.05) is 0 Å². The molecule has 114 valence electrons. The normalized spacial score (nSPS) is 12.5. The Balaban J connectivity index is 1.83. The highest BCUT2D eigenvalue weighted by atomic mass is 32.1. The largest absolute Gasteiger partial charge is 0.437 e. The van der Waals surface area contributed by atoms with E-state index in [1.54, 1.807) is 12.1 Å². The van der Waals surface area contributed by atoms with Crippen molar-refractivity contribution in [1.82, 2.24) is 9.78 Å². The molecule has 0 fully saturated rings. The summed E-state index contributed by atoms with van der Waals surface area (Å²) < 4.78 is 32.0. The third kappa shape index (κ3) is 2.83. The van der Waals surface area contributed by atoms with Crippen LogP contribution < -0.4 is 5.76 Å². The predicted octanol–water partition coefficient (Wildman–Crippen LogP) is 2.58. The Morgan fingerprint density at radius 1 is 1.32 bits per heavy atom. The molecule has 0 saturated carbocycles. The van der Waals surface area contributed by atoms with E-state index in [2.05, 4.69) is 5.10 Å². The standard InChI is InChI=1S/C14H10F2N2O3S/c15-9-4-3-8(6-10(9)16)11(19)7-18-14(20)21-13(17-18)12-2-1-5-22-12/h1-6,11,19H,7H2. The van der Waals surface area contributed by atoms with Crippen LogP contribution in [-0.4, -0.2) is 14.9 Å². The van der Waals surface area contributed by atoms with Crippen LogP contribution in [-0.2, 0) is 6.54 Å². The minimum Gasteiger partial charge on any atom is -0.387 e. The molecule has 5 nitrogen and oxygen atoms in total. The zero-order chi connectivity index (χ0) is 15.7. The van der Waals surface area contributed by atoms with Crippen molar-refractivity contribution in [3.8, 4) is 10.8 Å². The molecule has 0 spiro atoms. The van der Waals surface area contributed by atoms with Crippen LogP contribution >= 0.6 is 11.3 Å². The fraction of sp³-hybridized carbons (Fsp3) is 0.143. The molecule has 8 heteroatoms. The number of aromatic nitrogens is 2. The van der Waals surface area contributed by atoms with E-state index in [-0.39, 0.29) is 18.0 Å². The van der Waals surface area contributed by atoms with Crippen molar-refractivity contribution >= 4 is 11.3 Å². The Hall–Kier alpha value is -2.32. The molecule has 2 heterocycles. The van der Waals surface area contributed by atoms with E-state index in [1.807, 2.05) is 5.38 Å². The van der Waals surface area contributed by atoms with Crippen molar-refractivity contribution in [1.29, 1.82) is 0 Å². The highest BCUT2D eigenvalue weighted by Crippen LogP contribution is 2.22. The van der Waals surface area contributed by atoms with Gasteiger partial charge in [0.2, 0.25) is 0 Å². The Morgan fingerprint density at radius 2 is 2.14 bits per heavy atom. The average Bonchev–Trinajstić information content (AvgIpc) is 3.12. The summed E-state index contributed by atoms with van der Waals surface area (Å²) in [5.74, 6) is -2.65. The highest BCUT2D eigenvalue weighted by Gasteiger charge is 2.16. The Labute approximate surface area is 127 Å². The van der Waals surface area contributed by atoms with Gasteiger partial charge in [0.05, 0.1) is 17.5 Å². The van der Waals surface area contributed by atoms with E-state index >= 15 is 0 Å². The van der Waals surface area contributed by atoms with E-state index in [4.69, 9.17) is 4.42 Å². The minimum absolute atomic E-state index is 0.145. The van der Waals surface area contributed by atoms with E-state index in [0.717, 1.165) is 16.8 Å². The van der Waals surface area contributed by atoms with Gasteiger partial charge >= 0.3 is 5.76 Å². The monoisotopic (exact) mass is 324 g/mol. The van der Waals surface area contributed by atoms with Crippen molar-refractivity contribution in [3.63, 3.8) is 0 Å². The number of thiophene rings is 1. The predicted molar refractivity (Wildman–Crippen MR) is 75.4 cm³/mol. The number of rotatable bonds is 4. The van der Waals surface area contributed by atoms with Gasteiger partial charge in [-0.1, -0.05) is 12.1 Å². The molecule has 0 radical (unpaired) electrons. The summed E-state index contributed by atoms with van der Waals surface area (Å²) in [6, 6.07) is 6.57. The van der Waals surface area contributed by atoms with Crippen LogP contribution in [0.15, 0.2) is 44.9 Å².